The summed E-state index contributed by atoms with van der Waals surface area (Å²) in [5, 5.41) is 2.98. The molecule has 1 N–H and O–H groups in total. The van der Waals surface area contributed by atoms with Gasteiger partial charge in [0.05, 0.1) is 12.6 Å². The van der Waals surface area contributed by atoms with E-state index in [1.54, 1.807) is 27.0 Å². The average Bonchev–Trinajstić information content (AvgIpc) is 2.62. The minimum absolute atomic E-state index is 0.0953. The first-order valence-electron chi connectivity index (χ1n) is 10.1. The first kappa shape index (κ1) is 24.1. The van der Waals surface area contributed by atoms with E-state index >= 15 is 0 Å². The van der Waals surface area contributed by atoms with E-state index in [1.807, 2.05) is 27.8 Å². The highest BCUT2D eigenvalue weighted by Gasteiger charge is 2.37. The number of likely N-dealkylation sites (tertiary alicyclic amines) is 1. The van der Waals surface area contributed by atoms with Crippen molar-refractivity contribution in [1.82, 2.24) is 15.1 Å². The largest absolute Gasteiger partial charge is 0.463 e. The first-order chi connectivity index (χ1) is 13.0. The Labute approximate surface area is 169 Å². The van der Waals surface area contributed by atoms with Crippen LogP contribution in [-0.4, -0.2) is 73.5 Å². The van der Waals surface area contributed by atoms with E-state index in [4.69, 9.17) is 4.74 Å². The molecular formula is C21H37N3O4. The number of ether oxygens (including phenoxy) is 1. The summed E-state index contributed by atoms with van der Waals surface area (Å²) in [6, 6.07) is -0.834. The maximum atomic E-state index is 13.0. The number of nitrogens with one attached hydrogen (secondary N) is 1. The normalized spacial score (nSPS) is 19.7. The van der Waals surface area contributed by atoms with Gasteiger partial charge in [-0.15, -0.1) is 0 Å². The fraction of sp³-hybridized carbons (Fsp3) is 0.762. The number of esters is 1. The van der Waals surface area contributed by atoms with Gasteiger partial charge >= 0.3 is 5.97 Å². The Hall–Kier alpha value is -1.89. The highest BCUT2D eigenvalue weighted by Crippen LogP contribution is 2.22. The standard InChI is InChI=1S/C21H37N3O4/c1-8-28-20(27)15(2)12-14-24(7)19(26)17(21(3,4)5)22-18(25)16-11-9-10-13-23(16)6/h12,16-17H,8-11,13-14H2,1-7H3,(H,22,25)/b15-12+. The summed E-state index contributed by atoms with van der Waals surface area (Å²) in [5.74, 6) is -0.654. The highest BCUT2D eigenvalue weighted by molar-refractivity contribution is 5.91. The number of piperidine rings is 1. The molecule has 0 aromatic rings. The number of amides is 2. The van der Waals surface area contributed by atoms with Gasteiger partial charge in [-0.3, -0.25) is 14.5 Å². The lowest BCUT2D eigenvalue weighted by molar-refractivity contribution is -0.140. The van der Waals surface area contributed by atoms with Crippen molar-refractivity contribution in [3.8, 4) is 0 Å². The van der Waals surface area contributed by atoms with Gasteiger partial charge in [-0.05, 0) is 45.7 Å². The van der Waals surface area contributed by atoms with Crippen molar-refractivity contribution in [1.29, 1.82) is 0 Å². The van der Waals surface area contributed by atoms with Gasteiger partial charge in [-0.2, -0.15) is 0 Å². The molecule has 1 aliphatic heterocycles. The fourth-order valence-electron chi connectivity index (χ4n) is 3.21. The van der Waals surface area contributed by atoms with E-state index in [2.05, 4.69) is 10.2 Å². The summed E-state index contributed by atoms with van der Waals surface area (Å²) in [6.07, 6.45) is 4.60. The van der Waals surface area contributed by atoms with E-state index in [9.17, 15) is 14.4 Å². The lowest BCUT2D eigenvalue weighted by atomic mass is 9.85. The molecule has 2 unspecified atom stereocenters. The second-order valence-electron chi connectivity index (χ2n) is 8.63. The second-order valence-corrected chi connectivity index (χ2v) is 8.63. The minimum atomic E-state index is -0.642. The summed E-state index contributed by atoms with van der Waals surface area (Å²) >= 11 is 0. The van der Waals surface area contributed by atoms with Gasteiger partial charge in [0.2, 0.25) is 11.8 Å². The van der Waals surface area contributed by atoms with Crippen LogP contribution in [0, 0.1) is 5.41 Å². The maximum absolute atomic E-state index is 13.0. The molecule has 160 valence electrons. The zero-order valence-electron chi connectivity index (χ0n) is 18.5. The number of likely N-dealkylation sites (N-methyl/N-ethyl adjacent to an activating group) is 2. The predicted octanol–water partition coefficient (Wildman–Crippen LogP) is 1.97. The fourth-order valence-corrected chi connectivity index (χ4v) is 3.21. The third-order valence-corrected chi connectivity index (χ3v) is 5.12. The lowest BCUT2D eigenvalue weighted by Gasteiger charge is -2.37. The van der Waals surface area contributed by atoms with E-state index in [0.717, 1.165) is 25.8 Å². The molecule has 1 rings (SSSR count). The van der Waals surface area contributed by atoms with Gasteiger partial charge in [0.1, 0.15) is 6.04 Å². The van der Waals surface area contributed by atoms with Crippen LogP contribution in [-0.2, 0) is 19.1 Å². The summed E-state index contributed by atoms with van der Waals surface area (Å²) in [4.78, 5) is 41.2. The summed E-state index contributed by atoms with van der Waals surface area (Å²) in [7, 11) is 3.63. The smallest absolute Gasteiger partial charge is 0.333 e. The second kappa shape index (κ2) is 10.6. The van der Waals surface area contributed by atoms with Gasteiger partial charge in [0.25, 0.3) is 0 Å². The Morgan fingerprint density at radius 2 is 1.93 bits per heavy atom. The SMILES string of the molecule is CCOC(=O)/C(C)=C/CN(C)C(=O)C(NC(=O)C1CCCCN1C)C(C)(C)C. The van der Waals surface area contributed by atoms with Crippen molar-refractivity contribution in [3.05, 3.63) is 11.6 Å². The van der Waals surface area contributed by atoms with E-state index in [0.29, 0.717) is 12.2 Å². The zero-order chi connectivity index (χ0) is 21.5. The van der Waals surface area contributed by atoms with E-state index < -0.39 is 11.5 Å². The molecule has 1 fully saturated rings. The number of hydrogen-bond acceptors (Lipinski definition) is 5. The van der Waals surface area contributed by atoms with E-state index in [1.165, 1.54) is 4.90 Å². The Bertz CT molecular complexity index is 595. The van der Waals surface area contributed by atoms with Crippen molar-refractivity contribution in [3.63, 3.8) is 0 Å². The predicted molar refractivity (Wildman–Crippen MR) is 110 cm³/mol. The molecule has 7 nitrogen and oxygen atoms in total. The zero-order valence-corrected chi connectivity index (χ0v) is 18.5. The van der Waals surface area contributed by atoms with Gasteiger partial charge in [-0.1, -0.05) is 33.3 Å². The Balaban J connectivity index is 2.83. The van der Waals surface area contributed by atoms with Gasteiger partial charge < -0.3 is 15.0 Å². The summed E-state index contributed by atoms with van der Waals surface area (Å²) < 4.78 is 4.96. The number of nitrogens with zero attached hydrogens (tertiary/aromatic N) is 2. The van der Waals surface area contributed by atoms with Crippen LogP contribution in [0.1, 0.15) is 53.9 Å². The molecule has 7 heteroatoms. The quantitative estimate of drug-likeness (QED) is 0.527. The van der Waals surface area contributed by atoms with Crippen LogP contribution >= 0.6 is 0 Å². The molecule has 0 spiro atoms. The third-order valence-electron chi connectivity index (χ3n) is 5.12. The number of rotatable bonds is 7. The van der Waals surface area contributed by atoms with E-state index in [-0.39, 0.29) is 30.4 Å². The topological polar surface area (TPSA) is 79.0 Å². The molecule has 0 saturated carbocycles. The van der Waals surface area contributed by atoms with Crippen LogP contribution in [0.3, 0.4) is 0 Å². The number of carbonyl (C=O) groups excluding carboxylic acids is 3. The number of hydrogen-bond donors (Lipinski definition) is 1. The molecular weight excluding hydrogens is 358 g/mol. The van der Waals surface area contributed by atoms with Crippen LogP contribution in [0.5, 0.6) is 0 Å². The molecule has 1 heterocycles. The molecule has 28 heavy (non-hydrogen) atoms. The highest BCUT2D eigenvalue weighted by atomic mass is 16.5. The Kier molecular flexibility index (Phi) is 9.14. The monoisotopic (exact) mass is 395 g/mol. The van der Waals surface area contributed by atoms with Gasteiger partial charge in [0, 0.05) is 19.2 Å². The van der Waals surface area contributed by atoms with Crippen LogP contribution in [0.25, 0.3) is 0 Å². The minimum Gasteiger partial charge on any atom is -0.463 e. The lowest BCUT2D eigenvalue weighted by Crippen LogP contribution is -2.58. The maximum Gasteiger partial charge on any atom is 0.333 e. The molecule has 1 aliphatic rings. The molecule has 0 radical (unpaired) electrons. The van der Waals surface area contributed by atoms with Crippen LogP contribution in [0.2, 0.25) is 0 Å². The molecule has 2 amide bonds. The van der Waals surface area contributed by atoms with Crippen LogP contribution in [0.4, 0.5) is 0 Å². The molecule has 0 aromatic carbocycles. The Morgan fingerprint density at radius 3 is 2.46 bits per heavy atom. The number of carbonyl (C=O) groups is 3. The first-order valence-corrected chi connectivity index (χ1v) is 10.1. The van der Waals surface area contributed by atoms with Gasteiger partial charge in [0.15, 0.2) is 0 Å². The summed E-state index contributed by atoms with van der Waals surface area (Å²) in [6.45, 7) is 10.7. The molecule has 0 aliphatic carbocycles. The van der Waals surface area contributed by atoms with Crippen molar-refractivity contribution in [2.75, 3.05) is 33.8 Å². The summed E-state index contributed by atoms with van der Waals surface area (Å²) in [5.41, 5.74) is 0.0235. The molecule has 0 bridgehead atoms. The van der Waals surface area contributed by atoms with Crippen molar-refractivity contribution < 1.29 is 19.1 Å². The van der Waals surface area contributed by atoms with Crippen LogP contribution in [0.15, 0.2) is 11.6 Å². The molecule has 2 atom stereocenters. The third kappa shape index (κ3) is 6.93. The average molecular weight is 396 g/mol. The molecule has 1 saturated heterocycles. The van der Waals surface area contributed by atoms with Crippen LogP contribution < -0.4 is 5.32 Å². The van der Waals surface area contributed by atoms with Crippen molar-refractivity contribution >= 4 is 17.8 Å². The van der Waals surface area contributed by atoms with Gasteiger partial charge in [-0.25, -0.2) is 4.79 Å². The van der Waals surface area contributed by atoms with Crippen molar-refractivity contribution in [2.45, 2.75) is 66.0 Å². The Morgan fingerprint density at radius 1 is 1.29 bits per heavy atom. The molecule has 0 aromatic heterocycles. The van der Waals surface area contributed by atoms with Crippen molar-refractivity contribution in [2.24, 2.45) is 5.41 Å².